The van der Waals surface area contributed by atoms with Crippen LogP contribution in [-0.2, 0) is 19.2 Å². The van der Waals surface area contributed by atoms with E-state index in [0.29, 0.717) is 6.61 Å². The molecule has 0 atom stereocenters. The minimum atomic E-state index is -1.24. The molecule has 6 heteroatoms. The largest absolute Gasteiger partial charge is 0.429 e. The second-order valence-corrected chi connectivity index (χ2v) is 16.7. The fraction of sp³-hybridized carbons (Fsp3) is 0.556. The van der Waals surface area contributed by atoms with Crippen LogP contribution in [0.2, 0.25) is 0 Å². The van der Waals surface area contributed by atoms with Crippen LogP contribution in [0.3, 0.4) is 0 Å². The standard InChI is InChI=1S/C28H42O3.C5H12OS2.C3H6/c1-12-29-28(19(2)3,30-24-20(4)15-13-17-22(24)26(6,7)8)31-25-21(5)16-14-18-23(25)27(9,10)11;1-5-8(3,4)6-7-2;1-3-2/h13-19H,12H2,1-11H3;5H,1H2,2-4H3;3H,1H2,2H3. The van der Waals surface area contributed by atoms with E-state index in [1.54, 1.807) is 6.08 Å². The molecule has 4 nitrogen and oxygen atoms in total. The van der Waals surface area contributed by atoms with Gasteiger partial charge in [-0.2, -0.15) is 0 Å². The van der Waals surface area contributed by atoms with Gasteiger partial charge in [-0.15, -0.1) is 16.9 Å². The molecule has 0 bridgehead atoms. The predicted octanol–water partition coefficient (Wildman–Crippen LogP) is 11.3. The van der Waals surface area contributed by atoms with Gasteiger partial charge in [0.15, 0.2) is 0 Å². The molecular formula is C36H60O4S2. The van der Waals surface area contributed by atoms with Gasteiger partial charge in [0.25, 0.3) is 0 Å². The first-order valence-corrected chi connectivity index (χ1v) is 18.2. The van der Waals surface area contributed by atoms with Crippen LogP contribution in [-0.4, -0.2) is 31.3 Å². The van der Waals surface area contributed by atoms with Crippen molar-refractivity contribution in [2.75, 3.05) is 25.4 Å². The van der Waals surface area contributed by atoms with Gasteiger partial charge in [0.2, 0.25) is 0 Å². The molecule has 0 heterocycles. The molecule has 0 fully saturated rings. The van der Waals surface area contributed by atoms with Gasteiger partial charge in [0.1, 0.15) is 11.5 Å². The topological polar surface area (TPSA) is 36.9 Å². The van der Waals surface area contributed by atoms with E-state index >= 15 is 0 Å². The van der Waals surface area contributed by atoms with E-state index < -0.39 is 16.3 Å². The molecule has 0 saturated carbocycles. The summed E-state index contributed by atoms with van der Waals surface area (Å²) in [6.45, 7) is 32.9. The Morgan fingerprint density at radius 2 is 1.21 bits per heavy atom. The van der Waals surface area contributed by atoms with Crippen LogP contribution in [0.1, 0.15) is 91.5 Å². The number of aryl methyl sites for hydroxylation is 2. The molecule has 2 rings (SSSR count). The van der Waals surface area contributed by atoms with Crippen molar-refractivity contribution in [2.24, 2.45) is 5.92 Å². The smallest absolute Gasteiger partial charge is 0.374 e. The zero-order chi connectivity index (χ0) is 32.9. The molecule has 2 aromatic carbocycles. The van der Waals surface area contributed by atoms with Gasteiger partial charge in [-0.05, 0) is 67.6 Å². The number of benzene rings is 2. The Kier molecular flexibility index (Phi) is 16.7. The zero-order valence-electron chi connectivity index (χ0n) is 29.3. The van der Waals surface area contributed by atoms with Crippen LogP contribution in [0, 0.1) is 19.8 Å². The van der Waals surface area contributed by atoms with E-state index in [2.05, 4.69) is 131 Å². The Bertz CT molecular complexity index is 1040. The Labute approximate surface area is 265 Å². The maximum Gasteiger partial charge on any atom is 0.374 e. The normalized spacial score (nSPS) is 12.4. The van der Waals surface area contributed by atoms with Crippen LogP contribution >= 0.6 is 22.4 Å². The summed E-state index contributed by atoms with van der Waals surface area (Å²) in [5.74, 6) is 0.380. The molecule has 0 radical (unpaired) electrons. The summed E-state index contributed by atoms with van der Waals surface area (Å²) in [4.78, 5) is 0. The van der Waals surface area contributed by atoms with Gasteiger partial charge in [0.05, 0.1) is 12.5 Å². The van der Waals surface area contributed by atoms with E-state index in [4.69, 9.17) is 17.8 Å². The van der Waals surface area contributed by atoms with E-state index in [9.17, 15) is 0 Å². The van der Waals surface area contributed by atoms with Crippen molar-refractivity contribution in [3.05, 3.63) is 83.3 Å². The van der Waals surface area contributed by atoms with Crippen LogP contribution in [0.4, 0.5) is 0 Å². The summed E-state index contributed by atoms with van der Waals surface area (Å²) in [7, 11) is -0.943. The summed E-state index contributed by atoms with van der Waals surface area (Å²) < 4.78 is 25.1. The average Bonchev–Trinajstić information content (AvgIpc) is 2.86. The van der Waals surface area contributed by atoms with E-state index in [1.807, 2.05) is 25.5 Å². The van der Waals surface area contributed by atoms with Gasteiger partial charge in [-0.25, -0.2) is 0 Å². The van der Waals surface area contributed by atoms with Crippen LogP contribution in [0.25, 0.3) is 0 Å². The van der Waals surface area contributed by atoms with Gasteiger partial charge in [0, 0.05) is 29.4 Å². The number of allylic oxidation sites excluding steroid dienone is 1. The van der Waals surface area contributed by atoms with Crippen LogP contribution < -0.4 is 9.47 Å². The lowest BCUT2D eigenvalue weighted by molar-refractivity contribution is -0.324. The molecule has 0 aromatic heterocycles. The molecule has 0 N–H and O–H groups in total. The number of rotatable bonds is 10. The third kappa shape index (κ3) is 12.4. The second-order valence-electron chi connectivity index (χ2n) is 12.9. The van der Waals surface area contributed by atoms with Crippen LogP contribution in [0.5, 0.6) is 11.5 Å². The highest BCUT2D eigenvalue weighted by molar-refractivity contribution is 8.34. The first kappa shape index (κ1) is 40.1. The zero-order valence-corrected chi connectivity index (χ0v) is 30.9. The molecule has 0 aliphatic rings. The molecule has 0 spiro atoms. The molecule has 0 aliphatic heterocycles. The van der Waals surface area contributed by atoms with Gasteiger partial charge in [-0.3, -0.25) is 3.63 Å². The molecule has 0 amide bonds. The summed E-state index contributed by atoms with van der Waals surface area (Å²) in [6.07, 6.45) is 7.77. The molecule has 0 saturated heterocycles. The van der Waals surface area contributed by atoms with E-state index in [0.717, 1.165) is 33.8 Å². The van der Waals surface area contributed by atoms with E-state index in [1.165, 1.54) is 12.0 Å². The summed E-state index contributed by atoms with van der Waals surface area (Å²) >= 11 is 1.40. The number of para-hydroxylation sites is 2. The van der Waals surface area contributed by atoms with Crippen molar-refractivity contribution in [3.8, 4) is 11.5 Å². The van der Waals surface area contributed by atoms with Crippen molar-refractivity contribution in [1.82, 2.24) is 0 Å². The Morgan fingerprint density at radius 1 is 0.833 bits per heavy atom. The van der Waals surface area contributed by atoms with Gasteiger partial charge >= 0.3 is 5.97 Å². The highest BCUT2D eigenvalue weighted by Gasteiger charge is 2.43. The lowest BCUT2D eigenvalue weighted by Gasteiger charge is -2.40. The van der Waals surface area contributed by atoms with Gasteiger partial charge < -0.3 is 14.2 Å². The van der Waals surface area contributed by atoms with E-state index in [-0.39, 0.29) is 16.7 Å². The van der Waals surface area contributed by atoms with Crippen molar-refractivity contribution in [1.29, 1.82) is 0 Å². The minimum Gasteiger partial charge on any atom is -0.429 e. The Balaban J connectivity index is 0.00000130. The summed E-state index contributed by atoms with van der Waals surface area (Å²) in [5.41, 5.74) is 4.27. The quantitative estimate of drug-likeness (QED) is 0.150. The lowest BCUT2D eigenvalue weighted by Crippen LogP contribution is -2.51. The number of ether oxygens (including phenoxy) is 3. The van der Waals surface area contributed by atoms with Crippen molar-refractivity contribution >= 4 is 22.4 Å². The SMILES string of the molecule is C=CC.C=CS(C)(C)OSC.CCOC(Oc1c(C)cccc1C(C)(C)C)(Oc1c(C)cccc1C(C)(C)C)C(C)C. The van der Waals surface area contributed by atoms with Crippen molar-refractivity contribution < 1.29 is 17.8 Å². The van der Waals surface area contributed by atoms with Crippen molar-refractivity contribution in [2.45, 2.75) is 99.9 Å². The fourth-order valence-electron chi connectivity index (χ4n) is 3.93. The Hall–Kier alpha value is -1.86. The van der Waals surface area contributed by atoms with Crippen LogP contribution in [0.15, 0.2) is 61.0 Å². The molecule has 240 valence electrons. The third-order valence-electron chi connectivity index (χ3n) is 6.23. The predicted molar refractivity (Wildman–Crippen MR) is 190 cm³/mol. The molecule has 0 unspecified atom stereocenters. The minimum absolute atomic E-state index is 0.0488. The molecular weight excluding hydrogens is 561 g/mol. The number of hydrogen-bond donors (Lipinski definition) is 0. The second kappa shape index (κ2) is 17.4. The lowest BCUT2D eigenvalue weighted by atomic mass is 9.85. The van der Waals surface area contributed by atoms with Crippen molar-refractivity contribution in [3.63, 3.8) is 0 Å². The Morgan fingerprint density at radius 3 is 1.45 bits per heavy atom. The summed E-state index contributed by atoms with van der Waals surface area (Å²) in [5, 5.41) is 1.86. The highest BCUT2D eigenvalue weighted by Crippen LogP contribution is 2.45. The first-order valence-electron chi connectivity index (χ1n) is 14.6. The average molecular weight is 621 g/mol. The molecule has 0 aliphatic carbocycles. The first-order chi connectivity index (χ1) is 19.3. The third-order valence-corrected chi connectivity index (χ3v) is 8.98. The highest BCUT2D eigenvalue weighted by atomic mass is 32.3. The fourth-order valence-corrected chi connectivity index (χ4v) is 5.55. The van der Waals surface area contributed by atoms with Gasteiger partial charge in [-0.1, -0.05) is 104 Å². The molecule has 2 aromatic rings. The monoisotopic (exact) mass is 620 g/mol. The number of hydrogen-bond acceptors (Lipinski definition) is 5. The maximum atomic E-state index is 6.77. The summed E-state index contributed by atoms with van der Waals surface area (Å²) in [6, 6.07) is 12.6. The maximum absolute atomic E-state index is 6.77. The molecule has 42 heavy (non-hydrogen) atoms.